The van der Waals surface area contributed by atoms with Gasteiger partial charge in [-0.2, -0.15) is 4.31 Å². The Hall–Kier alpha value is -1.52. The summed E-state index contributed by atoms with van der Waals surface area (Å²) in [6, 6.07) is 7.22. The molecule has 7 nitrogen and oxygen atoms in total. The van der Waals surface area contributed by atoms with Gasteiger partial charge in [-0.05, 0) is 19.1 Å². The minimum Gasteiger partial charge on any atom is -0.379 e. The molecule has 1 aliphatic rings. The van der Waals surface area contributed by atoms with Crippen molar-refractivity contribution in [2.45, 2.75) is 6.92 Å². The standard InChI is InChI=1S/C17H20ClN3O4S2/c1-12-15(26-17(20-12)13-2-4-14(18)5-3-13)16(22)19-6-11-27(23,24)21-7-9-25-10-8-21/h2-5H,6-11H2,1H3,(H,19,22). The monoisotopic (exact) mass is 429 g/mol. The topological polar surface area (TPSA) is 88.6 Å². The van der Waals surface area contributed by atoms with Gasteiger partial charge in [-0.15, -0.1) is 11.3 Å². The first-order chi connectivity index (χ1) is 12.9. The molecule has 0 spiro atoms. The largest absolute Gasteiger partial charge is 0.379 e. The number of nitrogens with one attached hydrogen (secondary N) is 1. The molecule has 1 fully saturated rings. The molecule has 0 radical (unpaired) electrons. The number of carbonyl (C=O) groups excluding carboxylic acids is 1. The summed E-state index contributed by atoms with van der Waals surface area (Å²) in [5.74, 6) is -0.455. The Morgan fingerprint density at radius 3 is 2.63 bits per heavy atom. The molecule has 1 aliphatic heterocycles. The Bertz CT molecular complexity index is 907. The van der Waals surface area contributed by atoms with E-state index in [2.05, 4.69) is 10.3 Å². The Morgan fingerprint density at radius 1 is 1.30 bits per heavy atom. The van der Waals surface area contributed by atoms with Gasteiger partial charge in [0.05, 0.1) is 24.7 Å². The quantitative estimate of drug-likeness (QED) is 0.760. The van der Waals surface area contributed by atoms with Crippen molar-refractivity contribution in [2.24, 2.45) is 0 Å². The van der Waals surface area contributed by atoms with Gasteiger partial charge in [-0.1, -0.05) is 23.7 Å². The molecule has 1 amide bonds. The van der Waals surface area contributed by atoms with Crippen molar-refractivity contribution < 1.29 is 17.9 Å². The Balaban J connectivity index is 1.60. The molecule has 1 N–H and O–H groups in total. The zero-order valence-electron chi connectivity index (χ0n) is 14.8. The fourth-order valence-corrected chi connectivity index (χ4v) is 5.09. The van der Waals surface area contributed by atoms with Gasteiger partial charge in [0, 0.05) is 30.2 Å². The van der Waals surface area contributed by atoms with Crippen LogP contribution in [-0.4, -0.2) is 62.2 Å². The molecule has 1 saturated heterocycles. The first kappa shape index (κ1) is 20.2. The molecule has 0 saturated carbocycles. The highest BCUT2D eigenvalue weighted by molar-refractivity contribution is 7.89. The minimum absolute atomic E-state index is 0.0478. The summed E-state index contributed by atoms with van der Waals surface area (Å²) in [5.41, 5.74) is 1.49. The number of aromatic nitrogens is 1. The van der Waals surface area contributed by atoms with Gasteiger partial charge in [0.15, 0.2) is 0 Å². The fraction of sp³-hybridized carbons (Fsp3) is 0.412. The summed E-state index contributed by atoms with van der Waals surface area (Å²) in [4.78, 5) is 17.3. The van der Waals surface area contributed by atoms with E-state index in [0.717, 1.165) is 10.6 Å². The second-order valence-corrected chi connectivity index (χ2v) is 9.55. The maximum absolute atomic E-state index is 12.4. The number of thiazole rings is 1. The summed E-state index contributed by atoms with van der Waals surface area (Å²) in [6.45, 7) is 3.32. The van der Waals surface area contributed by atoms with E-state index in [-0.39, 0.29) is 18.2 Å². The summed E-state index contributed by atoms with van der Waals surface area (Å²) < 4.78 is 31.1. The molecule has 2 aromatic rings. The molecule has 3 rings (SSSR count). The van der Waals surface area contributed by atoms with Gasteiger partial charge in [-0.3, -0.25) is 4.79 Å². The molecule has 146 valence electrons. The number of hydrogen-bond acceptors (Lipinski definition) is 6. The van der Waals surface area contributed by atoms with Gasteiger partial charge in [-0.25, -0.2) is 13.4 Å². The highest BCUT2D eigenvalue weighted by atomic mass is 35.5. The van der Waals surface area contributed by atoms with Crippen LogP contribution in [0.1, 0.15) is 15.4 Å². The first-order valence-corrected chi connectivity index (χ1v) is 11.2. The highest BCUT2D eigenvalue weighted by Crippen LogP contribution is 2.28. The molecule has 2 heterocycles. The van der Waals surface area contributed by atoms with Crippen LogP contribution in [0.15, 0.2) is 24.3 Å². The van der Waals surface area contributed by atoms with Crippen LogP contribution < -0.4 is 5.32 Å². The molecule has 1 aromatic heterocycles. The van der Waals surface area contributed by atoms with Crippen LogP contribution in [-0.2, 0) is 14.8 Å². The van der Waals surface area contributed by atoms with Crippen molar-refractivity contribution >= 4 is 38.9 Å². The van der Waals surface area contributed by atoms with Gasteiger partial charge in [0.2, 0.25) is 10.0 Å². The van der Waals surface area contributed by atoms with E-state index in [1.807, 2.05) is 12.1 Å². The van der Waals surface area contributed by atoms with E-state index in [4.69, 9.17) is 16.3 Å². The molecule has 27 heavy (non-hydrogen) atoms. The van der Waals surface area contributed by atoms with E-state index in [9.17, 15) is 13.2 Å². The van der Waals surface area contributed by atoms with Crippen molar-refractivity contribution in [2.75, 3.05) is 38.6 Å². The lowest BCUT2D eigenvalue weighted by atomic mass is 10.2. The number of halogens is 1. The predicted molar refractivity (Wildman–Crippen MR) is 106 cm³/mol. The third-order valence-electron chi connectivity index (χ3n) is 4.10. The number of hydrogen-bond donors (Lipinski definition) is 1. The highest BCUT2D eigenvalue weighted by Gasteiger charge is 2.24. The summed E-state index contributed by atoms with van der Waals surface area (Å²) in [7, 11) is -3.40. The van der Waals surface area contributed by atoms with E-state index < -0.39 is 10.0 Å². The number of carbonyl (C=O) groups is 1. The summed E-state index contributed by atoms with van der Waals surface area (Å²) >= 11 is 7.17. The normalized spacial score (nSPS) is 15.6. The number of sulfonamides is 1. The van der Waals surface area contributed by atoms with Gasteiger partial charge < -0.3 is 10.1 Å². The lowest BCUT2D eigenvalue weighted by Gasteiger charge is -2.26. The van der Waals surface area contributed by atoms with Crippen molar-refractivity contribution in [3.63, 3.8) is 0 Å². The maximum atomic E-state index is 12.4. The van der Waals surface area contributed by atoms with Gasteiger partial charge >= 0.3 is 0 Å². The number of aryl methyl sites for hydroxylation is 1. The zero-order valence-corrected chi connectivity index (χ0v) is 17.2. The molecule has 0 aliphatic carbocycles. The molecular weight excluding hydrogens is 410 g/mol. The fourth-order valence-electron chi connectivity index (χ4n) is 2.65. The minimum atomic E-state index is -3.40. The average Bonchev–Trinajstić information content (AvgIpc) is 3.04. The summed E-state index contributed by atoms with van der Waals surface area (Å²) in [5, 5.41) is 4.03. The molecule has 0 bridgehead atoms. The average molecular weight is 430 g/mol. The summed E-state index contributed by atoms with van der Waals surface area (Å²) in [6.07, 6.45) is 0. The number of benzene rings is 1. The van der Waals surface area contributed by atoms with E-state index in [0.29, 0.717) is 41.9 Å². The number of morpholine rings is 1. The molecule has 0 unspecified atom stereocenters. The number of ether oxygens (including phenoxy) is 1. The van der Waals surface area contributed by atoms with Crippen LogP contribution in [0.25, 0.3) is 10.6 Å². The third-order valence-corrected chi connectivity index (χ3v) is 7.43. The van der Waals surface area contributed by atoms with E-state index >= 15 is 0 Å². The molecule has 1 aromatic carbocycles. The second kappa shape index (κ2) is 8.66. The van der Waals surface area contributed by atoms with Crippen LogP contribution in [0.3, 0.4) is 0 Å². The first-order valence-electron chi connectivity index (χ1n) is 8.44. The predicted octanol–water partition coefficient (Wildman–Crippen LogP) is 2.16. The van der Waals surface area contributed by atoms with E-state index in [1.54, 1.807) is 19.1 Å². The number of nitrogens with zero attached hydrogens (tertiary/aromatic N) is 2. The van der Waals surface area contributed by atoms with Crippen molar-refractivity contribution in [3.05, 3.63) is 39.9 Å². The van der Waals surface area contributed by atoms with Gasteiger partial charge in [0.1, 0.15) is 9.88 Å². The Labute approximate surface area is 167 Å². The van der Waals surface area contributed by atoms with Crippen LogP contribution >= 0.6 is 22.9 Å². The van der Waals surface area contributed by atoms with Gasteiger partial charge in [0.25, 0.3) is 5.91 Å². The third kappa shape index (κ3) is 5.05. The van der Waals surface area contributed by atoms with Crippen LogP contribution in [0.5, 0.6) is 0 Å². The van der Waals surface area contributed by atoms with Crippen LogP contribution in [0.2, 0.25) is 5.02 Å². The smallest absolute Gasteiger partial charge is 0.263 e. The Kier molecular flexibility index (Phi) is 6.48. The maximum Gasteiger partial charge on any atom is 0.263 e. The molecule has 0 atom stereocenters. The van der Waals surface area contributed by atoms with E-state index in [1.165, 1.54) is 15.6 Å². The van der Waals surface area contributed by atoms with Crippen LogP contribution in [0, 0.1) is 6.92 Å². The SMILES string of the molecule is Cc1nc(-c2ccc(Cl)cc2)sc1C(=O)NCCS(=O)(=O)N1CCOCC1. The second-order valence-electron chi connectivity index (χ2n) is 6.02. The molecular formula is C17H20ClN3O4S2. The van der Waals surface area contributed by atoms with Crippen molar-refractivity contribution in [1.29, 1.82) is 0 Å². The van der Waals surface area contributed by atoms with Crippen molar-refractivity contribution in [1.82, 2.24) is 14.6 Å². The Morgan fingerprint density at radius 2 is 1.96 bits per heavy atom. The molecule has 10 heteroatoms. The van der Waals surface area contributed by atoms with Crippen LogP contribution in [0.4, 0.5) is 0 Å². The number of rotatable bonds is 6. The lowest BCUT2D eigenvalue weighted by molar-refractivity contribution is 0.0730. The number of amides is 1. The lowest BCUT2D eigenvalue weighted by Crippen LogP contribution is -2.43. The van der Waals surface area contributed by atoms with Crippen molar-refractivity contribution in [3.8, 4) is 10.6 Å². The zero-order chi connectivity index (χ0) is 19.4.